The molecule has 2 aliphatic heterocycles. The van der Waals surface area contributed by atoms with Gasteiger partial charge in [-0.05, 0) is 18.4 Å². The molecule has 1 N–H and O–H groups in total. The molecule has 1 amide bonds. The van der Waals surface area contributed by atoms with Crippen LogP contribution in [-0.4, -0.2) is 53.4 Å². The van der Waals surface area contributed by atoms with Gasteiger partial charge in [0.15, 0.2) is 5.92 Å². The lowest BCUT2D eigenvalue weighted by Gasteiger charge is -2.43. The number of nitrogens with one attached hydrogen (secondary N) is 1. The minimum Gasteiger partial charge on any atom is -0.340 e. The molecule has 2 fully saturated rings. The van der Waals surface area contributed by atoms with E-state index in [1.165, 1.54) is 12.0 Å². The van der Waals surface area contributed by atoms with Crippen molar-refractivity contribution in [1.82, 2.24) is 15.1 Å². The van der Waals surface area contributed by atoms with Crippen LogP contribution >= 0.6 is 0 Å². The zero-order valence-electron chi connectivity index (χ0n) is 15.7. The number of carbonyl (C=O) groups is 1. The van der Waals surface area contributed by atoms with E-state index in [1.807, 2.05) is 6.07 Å². The second-order valence-corrected chi connectivity index (χ2v) is 7.90. The molecule has 6 heteroatoms. The first-order valence-electron chi connectivity index (χ1n) is 10.0. The van der Waals surface area contributed by atoms with Crippen molar-refractivity contribution in [3.8, 4) is 6.07 Å². The number of piperazine rings is 1. The Bertz CT molecular complexity index is 740. The quantitative estimate of drug-likeness (QED) is 0.872. The second kappa shape index (κ2) is 7.69. The molecule has 1 atom stereocenters. The number of hydrogen-bond donors (Lipinski definition) is 1. The van der Waals surface area contributed by atoms with Crippen molar-refractivity contribution in [2.45, 2.75) is 44.2 Å². The van der Waals surface area contributed by atoms with Crippen LogP contribution in [0, 0.1) is 17.2 Å². The molecule has 1 aromatic carbocycles. The van der Waals surface area contributed by atoms with Crippen LogP contribution in [0.15, 0.2) is 35.3 Å². The molecular formula is C21H27N5O. The third-order valence-corrected chi connectivity index (χ3v) is 6.13. The highest BCUT2D eigenvalue weighted by Crippen LogP contribution is 2.39. The minimum absolute atomic E-state index is 0.170. The molecule has 1 aliphatic carbocycles. The number of hydrogen-bond acceptors (Lipinski definition) is 5. The van der Waals surface area contributed by atoms with Gasteiger partial charge in [0.1, 0.15) is 0 Å². The Morgan fingerprint density at radius 1 is 1.11 bits per heavy atom. The number of rotatable bonds is 2. The third kappa shape index (κ3) is 3.70. The van der Waals surface area contributed by atoms with Crippen molar-refractivity contribution in [2.75, 3.05) is 26.2 Å². The van der Waals surface area contributed by atoms with Gasteiger partial charge in [-0.25, -0.2) is 4.99 Å². The van der Waals surface area contributed by atoms with Crippen LogP contribution in [0.4, 0.5) is 0 Å². The summed E-state index contributed by atoms with van der Waals surface area (Å²) < 4.78 is 0. The molecule has 1 saturated heterocycles. The fourth-order valence-electron chi connectivity index (χ4n) is 4.58. The number of carbonyl (C=O) groups excluding carboxylic acids is 1. The van der Waals surface area contributed by atoms with E-state index in [0.29, 0.717) is 5.96 Å². The number of amides is 1. The summed E-state index contributed by atoms with van der Waals surface area (Å²) in [5.41, 5.74) is 0.818. The zero-order chi connectivity index (χ0) is 18.7. The molecule has 1 spiro atoms. The monoisotopic (exact) mass is 365 g/mol. The smallest absolute Gasteiger partial charge is 0.246 e. The van der Waals surface area contributed by atoms with Crippen LogP contribution in [0.1, 0.15) is 37.7 Å². The molecule has 4 rings (SSSR count). The summed E-state index contributed by atoms with van der Waals surface area (Å²) >= 11 is 0. The van der Waals surface area contributed by atoms with Crippen LogP contribution in [0.25, 0.3) is 0 Å². The van der Waals surface area contributed by atoms with Gasteiger partial charge in [-0.15, -0.1) is 0 Å². The summed E-state index contributed by atoms with van der Waals surface area (Å²) in [5, 5.41) is 12.5. The van der Waals surface area contributed by atoms with Crippen molar-refractivity contribution in [2.24, 2.45) is 10.9 Å². The molecule has 142 valence electrons. The Morgan fingerprint density at radius 3 is 2.48 bits per heavy atom. The van der Waals surface area contributed by atoms with Gasteiger partial charge in [0, 0.05) is 32.7 Å². The number of aliphatic imine (C=N–C) groups is 1. The zero-order valence-corrected chi connectivity index (χ0v) is 15.7. The van der Waals surface area contributed by atoms with Gasteiger partial charge in [-0.3, -0.25) is 15.0 Å². The summed E-state index contributed by atoms with van der Waals surface area (Å²) in [6.07, 6.45) is 4.96. The molecule has 2 heterocycles. The van der Waals surface area contributed by atoms with Crippen LogP contribution < -0.4 is 5.32 Å². The van der Waals surface area contributed by atoms with Gasteiger partial charge in [-0.2, -0.15) is 5.26 Å². The van der Waals surface area contributed by atoms with Crippen molar-refractivity contribution in [3.63, 3.8) is 0 Å². The van der Waals surface area contributed by atoms with Crippen molar-refractivity contribution in [1.29, 1.82) is 5.26 Å². The third-order valence-electron chi connectivity index (χ3n) is 6.13. The molecule has 3 aliphatic rings. The van der Waals surface area contributed by atoms with E-state index in [2.05, 4.69) is 45.5 Å². The van der Waals surface area contributed by atoms with Gasteiger partial charge in [-0.1, -0.05) is 49.6 Å². The van der Waals surface area contributed by atoms with Gasteiger partial charge in [0.25, 0.3) is 0 Å². The summed E-state index contributed by atoms with van der Waals surface area (Å²) in [4.78, 5) is 22.2. The number of benzene rings is 1. The maximum absolute atomic E-state index is 12.6. The van der Waals surface area contributed by atoms with Crippen LogP contribution in [0.2, 0.25) is 0 Å². The van der Waals surface area contributed by atoms with Crippen LogP contribution in [0.3, 0.4) is 0 Å². The topological polar surface area (TPSA) is 71.7 Å². The predicted octanol–water partition coefficient (Wildman–Crippen LogP) is 2.13. The highest BCUT2D eigenvalue weighted by atomic mass is 16.2. The van der Waals surface area contributed by atoms with Crippen molar-refractivity contribution >= 4 is 11.9 Å². The summed E-state index contributed by atoms with van der Waals surface area (Å²) in [7, 11) is 0. The van der Waals surface area contributed by atoms with E-state index < -0.39 is 11.5 Å². The van der Waals surface area contributed by atoms with Crippen molar-refractivity contribution < 1.29 is 4.79 Å². The van der Waals surface area contributed by atoms with Crippen molar-refractivity contribution in [3.05, 3.63) is 35.9 Å². The Morgan fingerprint density at radius 2 is 1.81 bits per heavy atom. The minimum atomic E-state index is -0.652. The average Bonchev–Trinajstić information content (AvgIpc) is 2.70. The van der Waals surface area contributed by atoms with Crippen LogP contribution in [0.5, 0.6) is 0 Å². The molecule has 0 radical (unpaired) electrons. The van der Waals surface area contributed by atoms with E-state index in [0.717, 1.165) is 58.4 Å². The summed E-state index contributed by atoms with van der Waals surface area (Å²) in [6, 6.07) is 12.7. The Balaban J connectivity index is 1.44. The lowest BCUT2D eigenvalue weighted by Crippen LogP contribution is -2.60. The highest BCUT2D eigenvalue weighted by molar-refractivity contribution is 6.02. The molecule has 1 saturated carbocycles. The average molecular weight is 365 g/mol. The SMILES string of the molecule is N#C[C@H]1C(=O)NC(N2CCN(Cc3ccccc3)CC2)=NC12CCCCC2. The Kier molecular flexibility index (Phi) is 5.13. The fraction of sp³-hybridized carbons (Fsp3) is 0.571. The largest absolute Gasteiger partial charge is 0.340 e. The van der Waals surface area contributed by atoms with E-state index >= 15 is 0 Å². The second-order valence-electron chi connectivity index (χ2n) is 7.90. The lowest BCUT2D eigenvalue weighted by molar-refractivity contribution is -0.125. The van der Waals surface area contributed by atoms with Gasteiger partial charge < -0.3 is 4.90 Å². The normalized spacial score (nSPS) is 25.6. The van der Waals surface area contributed by atoms with E-state index in [-0.39, 0.29) is 5.91 Å². The molecule has 0 bridgehead atoms. The highest BCUT2D eigenvalue weighted by Gasteiger charge is 2.48. The first-order chi connectivity index (χ1) is 13.2. The standard InChI is InChI=1S/C21H27N5O/c22-15-18-19(27)23-20(24-21(18)9-5-2-6-10-21)26-13-11-25(12-14-26)16-17-7-3-1-4-8-17/h1,3-4,7-8,18H,2,5-6,9-14,16H2,(H,23,24,27)/t18-/m0/s1. The van der Waals surface area contributed by atoms with Gasteiger partial charge in [0.2, 0.25) is 11.9 Å². The Hall–Kier alpha value is -2.39. The Labute approximate surface area is 160 Å². The first-order valence-corrected chi connectivity index (χ1v) is 10.0. The number of guanidine groups is 1. The molecule has 27 heavy (non-hydrogen) atoms. The molecule has 0 aromatic heterocycles. The number of nitriles is 1. The summed E-state index contributed by atoms with van der Waals surface area (Å²) in [5.74, 6) is -0.134. The lowest BCUT2D eigenvalue weighted by atomic mass is 9.72. The maximum atomic E-state index is 12.6. The van der Waals surface area contributed by atoms with E-state index in [4.69, 9.17) is 4.99 Å². The molecule has 1 aromatic rings. The predicted molar refractivity (Wildman–Crippen MR) is 104 cm³/mol. The van der Waals surface area contributed by atoms with Gasteiger partial charge in [0.05, 0.1) is 11.6 Å². The van der Waals surface area contributed by atoms with E-state index in [1.54, 1.807) is 0 Å². The summed E-state index contributed by atoms with van der Waals surface area (Å²) in [6.45, 7) is 4.53. The van der Waals surface area contributed by atoms with E-state index in [9.17, 15) is 10.1 Å². The number of nitrogens with zero attached hydrogens (tertiary/aromatic N) is 4. The molecule has 0 unspecified atom stereocenters. The first kappa shape index (κ1) is 18.0. The van der Waals surface area contributed by atoms with Gasteiger partial charge >= 0.3 is 0 Å². The van der Waals surface area contributed by atoms with Crippen LogP contribution in [-0.2, 0) is 11.3 Å². The maximum Gasteiger partial charge on any atom is 0.246 e. The fourth-order valence-corrected chi connectivity index (χ4v) is 4.58. The molecular weight excluding hydrogens is 338 g/mol. The molecule has 6 nitrogen and oxygen atoms in total.